The van der Waals surface area contributed by atoms with E-state index in [1.807, 2.05) is 25.3 Å². The molecule has 2 N–H and O–H groups in total. The van der Waals surface area contributed by atoms with Crippen LogP contribution in [0, 0.1) is 13.8 Å². The molecule has 0 saturated heterocycles. The zero-order valence-corrected chi connectivity index (χ0v) is 13.6. The second kappa shape index (κ2) is 6.70. The summed E-state index contributed by atoms with van der Waals surface area (Å²) in [5, 5.41) is 6.57. The summed E-state index contributed by atoms with van der Waals surface area (Å²) in [6, 6.07) is 6.14. The summed E-state index contributed by atoms with van der Waals surface area (Å²) in [6.45, 7) is 7.06. The fourth-order valence-corrected chi connectivity index (χ4v) is 2.26. The average molecular weight is 335 g/mol. The van der Waals surface area contributed by atoms with Gasteiger partial charge in [-0.05, 0) is 44.0 Å². The third-order valence-corrected chi connectivity index (χ3v) is 3.44. The first-order chi connectivity index (χ1) is 9.60. The van der Waals surface area contributed by atoms with E-state index < -0.39 is 0 Å². The lowest BCUT2D eigenvalue weighted by atomic mass is 10.2. The molecule has 0 radical (unpaired) electrons. The fraction of sp³-hybridized carbons (Fsp3) is 0.333. The molecule has 20 heavy (non-hydrogen) atoms. The second-order valence-electron chi connectivity index (χ2n) is 4.74. The van der Waals surface area contributed by atoms with Gasteiger partial charge in [0.15, 0.2) is 0 Å². The number of rotatable bonds is 5. The molecule has 0 atom stereocenters. The maximum atomic E-state index is 4.52. The van der Waals surface area contributed by atoms with Crippen LogP contribution in [0.3, 0.4) is 0 Å². The van der Waals surface area contributed by atoms with Gasteiger partial charge in [-0.2, -0.15) is 4.98 Å². The van der Waals surface area contributed by atoms with E-state index >= 15 is 0 Å². The number of hydrogen-bond acceptors (Lipinski definition) is 4. The summed E-state index contributed by atoms with van der Waals surface area (Å²) in [5.74, 6) is 1.50. The first-order valence-electron chi connectivity index (χ1n) is 6.71. The Kier molecular flexibility index (Phi) is 4.95. The number of aryl methyl sites for hydroxylation is 2. The Balaban J connectivity index is 2.23. The molecule has 0 fully saturated rings. The standard InChI is InChI=1S/C15H19BrN4/c1-4-7-17-15-18-9-11(3)14(20-15)19-13-6-5-12(16)8-10(13)2/h5-6,8-9H,4,7H2,1-3H3,(H2,17,18,19,20). The van der Waals surface area contributed by atoms with E-state index in [1.165, 1.54) is 5.56 Å². The second-order valence-corrected chi connectivity index (χ2v) is 5.65. The van der Waals surface area contributed by atoms with Gasteiger partial charge in [-0.3, -0.25) is 0 Å². The fourth-order valence-electron chi connectivity index (χ4n) is 1.79. The molecule has 0 spiro atoms. The number of benzene rings is 1. The van der Waals surface area contributed by atoms with Crippen molar-refractivity contribution < 1.29 is 0 Å². The monoisotopic (exact) mass is 334 g/mol. The zero-order chi connectivity index (χ0) is 14.5. The molecule has 2 aromatic rings. The summed E-state index contributed by atoms with van der Waals surface area (Å²) in [6.07, 6.45) is 2.88. The number of aromatic nitrogens is 2. The van der Waals surface area contributed by atoms with Crippen LogP contribution in [-0.2, 0) is 0 Å². The van der Waals surface area contributed by atoms with Gasteiger partial charge in [0.1, 0.15) is 5.82 Å². The van der Waals surface area contributed by atoms with Gasteiger partial charge in [0.05, 0.1) is 0 Å². The van der Waals surface area contributed by atoms with Crippen molar-refractivity contribution in [3.8, 4) is 0 Å². The lowest BCUT2D eigenvalue weighted by Crippen LogP contribution is -2.07. The van der Waals surface area contributed by atoms with Crippen molar-refractivity contribution in [2.24, 2.45) is 0 Å². The summed E-state index contributed by atoms with van der Waals surface area (Å²) in [4.78, 5) is 8.81. The normalized spacial score (nSPS) is 10.4. The molecule has 0 bridgehead atoms. The van der Waals surface area contributed by atoms with E-state index in [2.05, 4.69) is 56.4 Å². The third-order valence-electron chi connectivity index (χ3n) is 2.95. The molecule has 4 nitrogen and oxygen atoms in total. The maximum absolute atomic E-state index is 4.52. The van der Waals surface area contributed by atoms with Crippen LogP contribution >= 0.6 is 15.9 Å². The Morgan fingerprint density at radius 2 is 2.00 bits per heavy atom. The van der Waals surface area contributed by atoms with Crippen LogP contribution < -0.4 is 10.6 Å². The van der Waals surface area contributed by atoms with E-state index in [0.29, 0.717) is 5.95 Å². The highest BCUT2D eigenvalue weighted by molar-refractivity contribution is 9.10. The highest BCUT2D eigenvalue weighted by Gasteiger charge is 2.06. The smallest absolute Gasteiger partial charge is 0.224 e. The molecule has 1 aromatic heterocycles. The van der Waals surface area contributed by atoms with Crippen LogP contribution in [-0.4, -0.2) is 16.5 Å². The molecule has 0 aliphatic rings. The highest BCUT2D eigenvalue weighted by Crippen LogP contribution is 2.24. The predicted molar refractivity (Wildman–Crippen MR) is 87.7 cm³/mol. The number of halogens is 1. The molecule has 1 heterocycles. The van der Waals surface area contributed by atoms with Gasteiger partial charge in [0.25, 0.3) is 0 Å². The minimum Gasteiger partial charge on any atom is -0.354 e. The van der Waals surface area contributed by atoms with E-state index in [4.69, 9.17) is 0 Å². The first-order valence-corrected chi connectivity index (χ1v) is 7.50. The van der Waals surface area contributed by atoms with Crippen LogP contribution in [0.2, 0.25) is 0 Å². The van der Waals surface area contributed by atoms with Crippen LogP contribution in [0.5, 0.6) is 0 Å². The van der Waals surface area contributed by atoms with Crippen LogP contribution in [0.15, 0.2) is 28.9 Å². The molecule has 5 heteroatoms. The zero-order valence-electron chi connectivity index (χ0n) is 12.0. The molecule has 0 aliphatic carbocycles. The van der Waals surface area contributed by atoms with E-state index in [-0.39, 0.29) is 0 Å². The molecule has 0 aliphatic heterocycles. The van der Waals surface area contributed by atoms with Crippen LogP contribution in [0.1, 0.15) is 24.5 Å². The van der Waals surface area contributed by atoms with Crippen LogP contribution in [0.25, 0.3) is 0 Å². The van der Waals surface area contributed by atoms with Gasteiger partial charge in [0.2, 0.25) is 5.95 Å². The number of nitrogens with zero attached hydrogens (tertiary/aromatic N) is 2. The molecule has 0 unspecified atom stereocenters. The molecule has 2 rings (SSSR count). The van der Waals surface area contributed by atoms with Gasteiger partial charge in [-0.1, -0.05) is 22.9 Å². The quantitative estimate of drug-likeness (QED) is 0.849. The Morgan fingerprint density at radius 1 is 1.20 bits per heavy atom. The lowest BCUT2D eigenvalue weighted by molar-refractivity contribution is 0.950. The number of anilines is 3. The largest absolute Gasteiger partial charge is 0.354 e. The average Bonchev–Trinajstić information content (AvgIpc) is 2.42. The van der Waals surface area contributed by atoms with E-state index in [0.717, 1.165) is 34.5 Å². The minimum absolute atomic E-state index is 0.662. The molecular weight excluding hydrogens is 316 g/mol. The molecule has 0 saturated carbocycles. The van der Waals surface area contributed by atoms with Crippen molar-refractivity contribution in [1.82, 2.24) is 9.97 Å². The number of hydrogen-bond donors (Lipinski definition) is 2. The lowest BCUT2D eigenvalue weighted by Gasteiger charge is -2.12. The summed E-state index contributed by atoms with van der Waals surface area (Å²) in [5.41, 5.74) is 3.24. The highest BCUT2D eigenvalue weighted by atomic mass is 79.9. The van der Waals surface area contributed by atoms with E-state index in [1.54, 1.807) is 0 Å². The Morgan fingerprint density at radius 3 is 2.70 bits per heavy atom. The molecular formula is C15H19BrN4. The molecule has 106 valence electrons. The van der Waals surface area contributed by atoms with Gasteiger partial charge in [0, 0.05) is 28.5 Å². The van der Waals surface area contributed by atoms with Crippen LogP contribution in [0.4, 0.5) is 17.5 Å². The summed E-state index contributed by atoms with van der Waals surface area (Å²) in [7, 11) is 0. The van der Waals surface area contributed by atoms with Gasteiger partial charge < -0.3 is 10.6 Å². The van der Waals surface area contributed by atoms with Crippen molar-refractivity contribution in [1.29, 1.82) is 0 Å². The van der Waals surface area contributed by atoms with Gasteiger partial charge >= 0.3 is 0 Å². The summed E-state index contributed by atoms with van der Waals surface area (Å²) >= 11 is 3.47. The summed E-state index contributed by atoms with van der Waals surface area (Å²) < 4.78 is 1.07. The Hall–Kier alpha value is -1.62. The topological polar surface area (TPSA) is 49.8 Å². The minimum atomic E-state index is 0.662. The van der Waals surface area contributed by atoms with Crippen molar-refractivity contribution in [3.05, 3.63) is 40.0 Å². The first kappa shape index (κ1) is 14.8. The van der Waals surface area contributed by atoms with Crippen molar-refractivity contribution >= 4 is 33.4 Å². The van der Waals surface area contributed by atoms with Crippen molar-refractivity contribution in [2.45, 2.75) is 27.2 Å². The SMILES string of the molecule is CCCNc1ncc(C)c(Nc2ccc(Br)cc2C)n1. The van der Waals surface area contributed by atoms with Gasteiger partial charge in [-0.15, -0.1) is 0 Å². The van der Waals surface area contributed by atoms with Gasteiger partial charge in [-0.25, -0.2) is 4.98 Å². The number of nitrogens with one attached hydrogen (secondary N) is 2. The third kappa shape index (κ3) is 3.70. The molecule has 1 aromatic carbocycles. The Labute approximate surface area is 128 Å². The van der Waals surface area contributed by atoms with E-state index in [9.17, 15) is 0 Å². The maximum Gasteiger partial charge on any atom is 0.224 e. The van der Waals surface area contributed by atoms with Crippen molar-refractivity contribution in [3.63, 3.8) is 0 Å². The molecule has 0 amide bonds. The predicted octanol–water partition coefficient (Wildman–Crippen LogP) is 4.42. The Bertz CT molecular complexity index is 598. The van der Waals surface area contributed by atoms with Crippen molar-refractivity contribution in [2.75, 3.05) is 17.2 Å².